The van der Waals surface area contributed by atoms with Crippen molar-refractivity contribution in [2.45, 2.75) is 13.3 Å². The van der Waals surface area contributed by atoms with E-state index < -0.39 is 10.0 Å². The Balaban J connectivity index is 2.50. The standard InChI is InChI=1S/C14H17N3O3S/c1-4-13-12(8-15-9-16-13)11-6-5-10(7-14(11)20-2)17-21(3,18)19/h5-9,17H,4H2,1-3H3. The number of rotatable bonds is 5. The Morgan fingerprint density at radius 1 is 1.29 bits per heavy atom. The summed E-state index contributed by atoms with van der Waals surface area (Å²) in [6.07, 6.45) is 5.11. The molecule has 7 heteroatoms. The van der Waals surface area contributed by atoms with Crippen LogP contribution in [0.2, 0.25) is 0 Å². The Morgan fingerprint density at radius 2 is 2.05 bits per heavy atom. The lowest BCUT2D eigenvalue weighted by Crippen LogP contribution is -2.09. The molecule has 2 rings (SSSR count). The van der Waals surface area contributed by atoms with Crippen LogP contribution < -0.4 is 9.46 Å². The van der Waals surface area contributed by atoms with Gasteiger partial charge in [-0.25, -0.2) is 18.4 Å². The molecular weight excluding hydrogens is 290 g/mol. The maximum Gasteiger partial charge on any atom is 0.229 e. The molecule has 6 nitrogen and oxygen atoms in total. The molecule has 0 radical (unpaired) electrons. The van der Waals surface area contributed by atoms with Gasteiger partial charge in [0.2, 0.25) is 10.0 Å². The summed E-state index contributed by atoms with van der Waals surface area (Å²) in [5.74, 6) is 0.563. The van der Waals surface area contributed by atoms with Crippen LogP contribution in [-0.2, 0) is 16.4 Å². The smallest absolute Gasteiger partial charge is 0.229 e. The maximum absolute atomic E-state index is 11.3. The fourth-order valence-corrected chi connectivity index (χ4v) is 2.61. The molecule has 0 saturated carbocycles. The van der Waals surface area contributed by atoms with Crippen LogP contribution in [0.15, 0.2) is 30.7 Å². The van der Waals surface area contributed by atoms with Crippen LogP contribution in [0.1, 0.15) is 12.6 Å². The number of nitrogens with one attached hydrogen (secondary N) is 1. The number of nitrogens with zero attached hydrogens (tertiary/aromatic N) is 2. The van der Waals surface area contributed by atoms with Gasteiger partial charge in [-0.2, -0.15) is 0 Å². The Kier molecular flexibility index (Phi) is 4.42. The second kappa shape index (κ2) is 6.09. The van der Waals surface area contributed by atoms with Crippen LogP contribution in [0.3, 0.4) is 0 Å². The molecule has 0 aliphatic heterocycles. The van der Waals surface area contributed by atoms with Gasteiger partial charge in [0, 0.05) is 23.4 Å². The van der Waals surface area contributed by atoms with E-state index in [1.807, 2.05) is 6.92 Å². The molecule has 0 amide bonds. The summed E-state index contributed by atoms with van der Waals surface area (Å²) in [5.41, 5.74) is 3.07. The van der Waals surface area contributed by atoms with Gasteiger partial charge in [-0.05, 0) is 18.6 Å². The first-order valence-electron chi connectivity index (χ1n) is 6.39. The van der Waals surface area contributed by atoms with Crippen LogP contribution in [0.25, 0.3) is 11.1 Å². The first-order chi connectivity index (χ1) is 9.94. The van der Waals surface area contributed by atoms with Crippen LogP contribution in [-0.4, -0.2) is 31.8 Å². The molecule has 0 fully saturated rings. The summed E-state index contributed by atoms with van der Waals surface area (Å²) < 4.78 is 30.4. The molecule has 0 saturated heterocycles. The van der Waals surface area contributed by atoms with Gasteiger partial charge >= 0.3 is 0 Å². The highest BCUT2D eigenvalue weighted by atomic mass is 32.2. The van der Waals surface area contributed by atoms with Gasteiger partial charge in [0.1, 0.15) is 12.1 Å². The lowest BCUT2D eigenvalue weighted by molar-refractivity contribution is 0.416. The zero-order chi connectivity index (χ0) is 15.5. The SMILES string of the molecule is CCc1ncncc1-c1ccc(NS(C)(=O)=O)cc1OC. The minimum absolute atomic E-state index is 0.452. The summed E-state index contributed by atoms with van der Waals surface area (Å²) in [5, 5.41) is 0. The predicted octanol–water partition coefficient (Wildman–Crippen LogP) is 2.09. The van der Waals surface area contributed by atoms with Crippen LogP contribution in [0.4, 0.5) is 5.69 Å². The number of benzene rings is 1. The average molecular weight is 307 g/mol. The molecule has 112 valence electrons. The second-order valence-electron chi connectivity index (χ2n) is 4.53. The van der Waals surface area contributed by atoms with Gasteiger partial charge in [0.05, 0.1) is 24.7 Å². The number of hydrogen-bond acceptors (Lipinski definition) is 5. The number of sulfonamides is 1. The third kappa shape index (κ3) is 3.69. The van der Waals surface area contributed by atoms with E-state index in [1.54, 1.807) is 31.5 Å². The van der Waals surface area contributed by atoms with Crippen molar-refractivity contribution in [3.63, 3.8) is 0 Å². The van der Waals surface area contributed by atoms with Gasteiger partial charge in [0.25, 0.3) is 0 Å². The largest absolute Gasteiger partial charge is 0.496 e. The minimum atomic E-state index is -3.32. The van der Waals surface area contributed by atoms with Crippen molar-refractivity contribution in [3.8, 4) is 16.9 Å². The number of aryl methyl sites for hydroxylation is 1. The lowest BCUT2D eigenvalue weighted by atomic mass is 10.0. The van der Waals surface area contributed by atoms with E-state index in [2.05, 4.69) is 14.7 Å². The molecule has 0 spiro atoms. The van der Waals surface area contributed by atoms with Gasteiger partial charge in [0.15, 0.2) is 0 Å². The highest BCUT2D eigenvalue weighted by Crippen LogP contribution is 2.33. The van der Waals surface area contributed by atoms with Crippen LogP contribution >= 0.6 is 0 Å². The van der Waals surface area contributed by atoms with E-state index in [1.165, 1.54) is 6.33 Å². The number of aromatic nitrogens is 2. The molecule has 21 heavy (non-hydrogen) atoms. The van der Waals surface area contributed by atoms with E-state index in [9.17, 15) is 8.42 Å². The van der Waals surface area contributed by atoms with Crippen molar-refractivity contribution in [2.24, 2.45) is 0 Å². The molecule has 2 aromatic rings. The number of anilines is 1. The summed E-state index contributed by atoms with van der Waals surface area (Å²) in [7, 11) is -1.78. The zero-order valence-corrected chi connectivity index (χ0v) is 12.9. The van der Waals surface area contributed by atoms with Gasteiger partial charge in [-0.15, -0.1) is 0 Å². The van der Waals surface area contributed by atoms with Crippen molar-refractivity contribution in [3.05, 3.63) is 36.4 Å². The van der Waals surface area contributed by atoms with E-state index in [0.717, 1.165) is 29.5 Å². The highest BCUT2D eigenvalue weighted by molar-refractivity contribution is 7.92. The monoisotopic (exact) mass is 307 g/mol. The Labute approximate surface area is 124 Å². The summed E-state index contributed by atoms with van der Waals surface area (Å²) in [4.78, 5) is 8.30. The van der Waals surface area contributed by atoms with Crippen molar-refractivity contribution >= 4 is 15.7 Å². The first-order valence-corrected chi connectivity index (χ1v) is 8.29. The summed E-state index contributed by atoms with van der Waals surface area (Å²) in [6.45, 7) is 2.01. The fraction of sp³-hybridized carbons (Fsp3) is 0.286. The van der Waals surface area contributed by atoms with Crippen molar-refractivity contribution in [2.75, 3.05) is 18.1 Å². The molecule has 0 aliphatic carbocycles. The number of methoxy groups -OCH3 is 1. The number of ether oxygens (including phenoxy) is 1. The summed E-state index contributed by atoms with van der Waals surface area (Å²) in [6, 6.07) is 5.12. The van der Waals surface area contributed by atoms with E-state index in [4.69, 9.17) is 4.74 Å². The molecule has 0 unspecified atom stereocenters. The van der Waals surface area contributed by atoms with Crippen molar-refractivity contribution < 1.29 is 13.2 Å². The number of hydrogen-bond donors (Lipinski definition) is 1. The highest BCUT2D eigenvalue weighted by Gasteiger charge is 2.12. The van der Waals surface area contributed by atoms with Gasteiger partial charge in [-0.1, -0.05) is 6.92 Å². The fourth-order valence-electron chi connectivity index (χ4n) is 2.05. The molecule has 0 aliphatic rings. The second-order valence-corrected chi connectivity index (χ2v) is 6.27. The Morgan fingerprint density at radius 3 is 2.67 bits per heavy atom. The third-order valence-corrected chi connectivity index (χ3v) is 3.53. The third-order valence-electron chi connectivity index (χ3n) is 2.92. The van der Waals surface area contributed by atoms with Gasteiger partial charge < -0.3 is 4.74 Å². The van der Waals surface area contributed by atoms with Crippen LogP contribution in [0, 0.1) is 0 Å². The molecule has 1 aromatic heterocycles. The van der Waals surface area contributed by atoms with Crippen LogP contribution in [0.5, 0.6) is 5.75 Å². The molecule has 1 aromatic carbocycles. The molecule has 0 bridgehead atoms. The van der Waals surface area contributed by atoms with Gasteiger partial charge in [-0.3, -0.25) is 4.72 Å². The van der Waals surface area contributed by atoms with E-state index in [0.29, 0.717) is 11.4 Å². The molecule has 0 atom stereocenters. The van der Waals surface area contributed by atoms with Crippen molar-refractivity contribution in [1.29, 1.82) is 0 Å². The normalized spacial score (nSPS) is 11.2. The minimum Gasteiger partial charge on any atom is -0.496 e. The first kappa shape index (κ1) is 15.2. The topological polar surface area (TPSA) is 81.2 Å². The summed E-state index contributed by atoms with van der Waals surface area (Å²) >= 11 is 0. The Hall–Kier alpha value is -2.15. The van der Waals surface area contributed by atoms with E-state index >= 15 is 0 Å². The van der Waals surface area contributed by atoms with Crippen molar-refractivity contribution in [1.82, 2.24) is 9.97 Å². The quantitative estimate of drug-likeness (QED) is 0.914. The maximum atomic E-state index is 11.3. The molecule has 1 heterocycles. The molecular formula is C14H17N3O3S. The predicted molar refractivity (Wildman–Crippen MR) is 81.9 cm³/mol. The Bertz CT molecular complexity index is 745. The van der Waals surface area contributed by atoms with E-state index in [-0.39, 0.29) is 0 Å². The molecule has 1 N–H and O–H groups in total. The zero-order valence-electron chi connectivity index (χ0n) is 12.1. The lowest BCUT2D eigenvalue weighted by Gasteiger charge is -2.13. The average Bonchev–Trinajstić information content (AvgIpc) is 2.45.